The van der Waals surface area contributed by atoms with E-state index in [4.69, 9.17) is 4.74 Å². The predicted molar refractivity (Wildman–Crippen MR) is 132 cm³/mol. The van der Waals surface area contributed by atoms with E-state index >= 15 is 0 Å². The van der Waals surface area contributed by atoms with Crippen LogP contribution in [0.5, 0.6) is 0 Å². The number of carbonyl (C=O) groups excluding carboxylic acids is 3. The van der Waals surface area contributed by atoms with Crippen molar-refractivity contribution in [3.05, 3.63) is 107 Å². The molecule has 0 heterocycles. The third-order valence-electron chi connectivity index (χ3n) is 5.40. The van der Waals surface area contributed by atoms with Crippen LogP contribution < -0.4 is 10.6 Å². The highest BCUT2D eigenvalue weighted by Gasteiger charge is 2.15. The molecular formula is C28H30N2O4. The molecule has 0 aliphatic rings. The third-order valence-corrected chi connectivity index (χ3v) is 5.40. The fraction of sp³-hybridized carbons (Fsp3) is 0.250. The smallest absolute Gasteiger partial charge is 0.325 e. The normalized spacial score (nSPS) is 10.6. The van der Waals surface area contributed by atoms with Gasteiger partial charge in [-0.1, -0.05) is 77.9 Å². The Labute approximate surface area is 200 Å². The van der Waals surface area contributed by atoms with E-state index in [1.165, 1.54) is 11.1 Å². The second-order valence-electron chi connectivity index (χ2n) is 8.23. The van der Waals surface area contributed by atoms with E-state index in [1.807, 2.05) is 56.3 Å². The summed E-state index contributed by atoms with van der Waals surface area (Å²) in [6.45, 7) is 3.55. The molecule has 0 unspecified atom stereocenters. The molecule has 0 atom stereocenters. The van der Waals surface area contributed by atoms with Crippen molar-refractivity contribution in [2.75, 3.05) is 19.7 Å². The minimum Gasteiger partial charge on any atom is -0.454 e. The summed E-state index contributed by atoms with van der Waals surface area (Å²) in [5.74, 6) is -1.26. The highest BCUT2D eigenvalue weighted by Crippen LogP contribution is 2.27. The second kappa shape index (κ2) is 12.3. The standard InChI is InChI=1S/C28H30N2O4/c1-20-15-21(2)17-24(16-20)28(33)30-18-27(32)34-19-26(31)29-14-13-25(22-9-5-3-6-10-22)23-11-7-4-8-12-23/h3-12,15-17,25H,13-14,18-19H2,1-2H3,(H,29,31)(H,30,33). The zero-order chi connectivity index (χ0) is 24.3. The number of aryl methyl sites for hydroxylation is 2. The van der Waals surface area contributed by atoms with Gasteiger partial charge < -0.3 is 15.4 Å². The number of ether oxygens (including phenoxy) is 1. The Kier molecular flexibility index (Phi) is 8.97. The van der Waals surface area contributed by atoms with Crippen LogP contribution in [-0.4, -0.2) is 37.5 Å². The van der Waals surface area contributed by atoms with E-state index < -0.39 is 5.97 Å². The van der Waals surface area contributed by atoms with Crippen molar-refractivity contribution in [2.24, 2.45) is 0 Å². The Balaban J connectivity index is 1.42. The molecular weight excluding hydrogens is 428 g/mol. The van der Waals surface area contributed by atoms with Crippen LogP contribution in [-0.2, 0) is 14.3 Å². The fourth-order valence-corrected chi connectivity index (χ4v) is 3.86. The van der Waals surface area contributed by atoms with Crippen LogP contribution >= 0.6 is 0 Å². The summed E-state index contributed by atoms with van der Waals surface area (Å²) in [6.07, 6.45) is 0.708. The lowest BCUT2D eigenvalue weighted by atomic mass is 9.88. The van der Waals surface area contributed by atoms with E-state index in [2.05, 4.69) is 34.9 Å². The van der Waals surface area contributed by atoms with Crippen LogP contribution in [0.3, 0.4) is 0 Å². The quantitative estimate of drug-likeness (QED) is 0.451. The first kappa shape index (κ1) is 24.7. The van der Waals surface area contributed by atoms with Gasteiger partial charge in [-0.2, -0.15) is 0 Å². The number of hydrogen-bond acceptors (Lipinski definition) is 4. The van der Waals surface area contributed by atoms with Crippen LogP contribution in [0, 0.1) is 13.8 Å². The molecule has 3 rings (SSSR count). The van der Waals surface area contributed by atoms with Gasteiger partial charge in [-0.15, -0.1) is 0 Å². The average molecular weight is 459 g/mol. The molecule has 0 fully saturated rings. The van der Waals surface area contributed by atoms with Gasteiger partial charge in [0, 0.05) is 18.0 Å². The predicted octanol–water partition coefficient (Wildman–Crippen LogP) is 3.91. The van der Waals surface area contributed by atoms with Crippen molar-refractivity contribution in [2.45, 2.75) is 26.2 Å². The van der Waals surface area contributed by atoms with Gasteiger partial charge in [-0.3, -0.25) is 14.4 Å². The van der Waals surface area contributed by atoms with Gasteiger partial charge >= 0.3 is 5.97 Å². The summed E-state index contributed by atoms with van der Waals surface area (Å²) in [6, 6.07) is 25.7. The number of carbonyl (C=O) groups is 3. The van der Waals surface area contributed by atoms with Crippen LogP contribution in [0.25, 0.3) is 0 Å². The molecule has 0 spiro atoms. The van der Waals surface area contributed by atoms with Gasteiger partial charge in [0.2, 0.25) is 0 Å². The summed E-state index contributed by atoms with van der Waals surface area (Å²) < 4.78 is 5.00. The van der Waals surface area contributed by atoms with Crippen molar-refractivity contribution in [3.8, 4) is 0 Å². The van der Waals surface area contributed by atoms with Gasteiger partial charge in [0.05, 0.1) is 0 Å². The summed E-state index contributed by atoms with van der Waals surface area (Å²) in [5, 5.41) is 5.33. The zero-order valence-corrected chi connectivity index (χ0v) is 19.5. The zero-order valence-electron chi connectivity index (χ0n) is 19.5. The molecule has 34 heavy (non-hydrogen) atoms. The molecule has 0 aliphatic heterocycles. The first-order chi connectivity index (χ1) is 16.4. The molecule has 0 radical (unpaired) electrons. The minimum atomic E-state index is -0.667. The molecule has 176 valence electrons. The summed E-state index contributed by atoms with van der Waals surface area (Å²) in [5.41, 5.74) is 4.76. The highest BCUT2D eigenvalue weighted by atomic mass is 16.5. The van der Waals surface area contributed by atoms with E-state index in [1.54, 1.807) is 12.1 Å². The molecule has 3 aromatic carbocycles. The molecule has 0 bridgehead atoms. The number of benzene rings is 3. The van der Waals surface area contributed by atoms with E-state index in [-0.39, 0.29) is 30.9 Å². The van der Waals surface area contributed by atoms with Crippen molar-refractivity contribution >= 4 is 17.8 Å². The molecule has 0 saturated carbocycles. The van der Waals surface area contributed by atoms with E-state index in [0.717, 1.165) is 11.1 Å². The van der Waals surface area contributed by atoms with Crippen molar-refractivity contribution < 1.29 is 19.1 Å². The summed E-state index contributed by atoms with van der Waals surface area (Å²) in [4.78, 5) is 36.3. The number of hydrogen-bond donors (Lipinski definition) is 2. The lowest BCUT2D eigenvalue weighted by molar-refractivity contribution is -0.147. The highest BCUT2D eigenvalue weighted by molar-refractivity contribution is 5.96. The molecule has 6 heteroatoms. The van der Waals surface area contributed by atoms with Crippen molar-refractivity contribution in [1.82, 2.24) is 10.6 Å². The number of esters is 1. The molecule has 2 N–H and O–H groups in total. The SMILES string of the molecule is Cc1cc(C)cc(C(=O)NCC(=O)OCC(=O)NCCC(c2ccccc2)c2ccccc2)c1. The summed E-state index contributed by atoms with van der Waals surface area (Å²) >= 11 is 0. The van der Waals surface area contributed by atoms with Crippen LogP contribution in [0.1, 0.15) is 45.0 Å². The molecule has 6 nitrogen and oxygen atoms in total. The molecule has 3 aromatic rings. The Morgan fingerprint density at radius 2 is 1.35 bits per heavy atom. The van der Waals surface area contributed by atoms with Gasteiger partial charge in [0.25, 0.3) is 11.8 Å². The van der Waals surface area contributed by atoms with Crippen LogP contribution in [0.2, 0.25) is 0 Å². The number of amides is 2. The Morgan fingerprint density at radius 1 is 0.794 bits per heavy atom. The van der Waals surface area contributed by atoms with Crippen LogP contribution in [0.15, 0.2) is 78.9 Å². The minimum absolute atomic E-state index is 0.144. The molecule has 2 amide bonds. The Bertz CT molecular complexity index is 1050. The van der Waals surface area contributed by atoms with Gasteiger partial charge in [0.1, 0.15) is 6.54 Å². The van der Waals surface area contributed by atoms with Crippen molar-refractivity contribution in [1.29, 1.82) is 0 Å². The maximum atomic E-state index is 12.2. The maximum Gasteiger partial charge on any atom is 0.325 e. The second-order valence-corrected chi connectivity index (χ2v) is 8.23. The number of rotatable bonds is 10. The molecule has 0 saturated heterocycles. The maximum absolute atomic E-state index is 12.2. The summed E-state index contributed by atoms with van der Waals surface area (Å²) in [7, 11) is 0. The van der Waals surface area contributed by atoms with E-state index in [9.17, 15) is 14.4 Å². The molecule has 0 aromatic heterocycles. The lowest BCUT2D eigenvalue weighted by Crippen LogP contribution is -2.34. The monoisotopic (exact) mass is 458 g/mol. The average Bonchev–Trinajstić information content (AvgIpc) is 2.84. The van der Waals surface area contributed by atoms with Gasteiger partial charge in [-0.05, 0) is 43.5 Å². The first-order valence-corrected chi connectivity index (χ1v) is 11.3. The topological polar surface area (TPSA) is 84.5 Å². The van der Waals surface area contributed by atoms with Gasteiger partial charge in [0.15, 0.2) is 6.61 Å². The fourth-order valence-electron chi connectivity index (χ4n) is 3.86. The van der Waals surface area contributed by atoms with Gasteiger partial charge in [-0.25, -0.2) is 0 Å². The largest absolute Gasteiger partial charge is 0.454 e. The Hall–Kier alpha value is -3.93. The number of nitrogens with one attached hydrogen (secondary N) is 2. The molecule has 0 aliphatic carbocycles. The van der Waals surface area contributed by atoms with Crippen LogP contribution in [0.4, 0.5) is 0 Å². The third kappa shape index (κ3) is 7.59. The lowest BCUT2D eigenvalue weighted by Gasteiger charge is -2.18. The Morgan fingerprint density at radius 3 is 1.91 bits per heavy atom. The van der Waals surface area contributed by atoms with E-state index in [0.29, 0.717) is 18.5 Å². The van der Waals surface area contributed by atoms with Crippen molar-refractivity contribution in [3.63, 3.8) is 0 Å². The first-order valence-electron chi connectivity index (χ1n) is 11.3.